The van der Waals surface area contributed by atoms with Gasteiger partial charge in [-0.1, -0.05) is 0 Å². The molecule has 0 aliphatic carbocycles. The summed E-state index contributed by atoms with van der Waals surface area (Å²) >= 11 is 0. The second kappa shape index (κ2) is 5.55. The summed E-state index contributed by atoms with van der Waals surface area (Å²) in [6, 6.07) is 1.24. The third-order valence-electron chi connectivity index (χ3n) is 1.73. The molecule has 88 valence electrons. The first-order valence-electron chi connectivity index (χ1n) is 4.62. The highest BCUT2D eigenvalue weighted by Gasteiger charge is 2.09. The van der Waals surface area contributed by atoms with Gasteiger partial charge in [0.15, 0.2) is 5.69 Å². The Labute approximate surface area is 95.6 Å². The molecular formula is C9H13N3O3S. The number of carbonyl (C=O) groups is 1. The van der Waals surface area contributed by atoms with Crippen LogP contribution >= 0.6 is 0 Å². The van der Waals surface area contributed by atoms with Crippen LogP contribution in [0.15, 0.2) is 12.3 Å². The van der Waals surface area contributed by atoms with Crippen molar-refractivity contribution in [3.8, 4) is 0 Å². The molecule has 0 aliphatic heterocycles. The molecule has 1 rings (SSSR count). The summed E-state index contributed by atoms with van der Waals surface area (Å²) in [5.74, 6) is -0.407. The molecule has 0 fully saturated rings. The molecular weight excluding hydrogens is 230 g/mol. The number of nitrogens with one attached hydrogen (secondary N) is 1. The summed E-state index contributed by atoms with van der Waals surface area (Å²) in [4.78, 5) is 18.3. The van der Waals surface area contributed by atoms with E-state index in [9.17, 15) is 9.00 Å². The Bertz CT molecular complexity index is 411. The predicted molar refractivity (Wildman–Crippen MR) is 61.0 cm³/mol. The molecule has 1 heterocycles. The predicted octanol–water partition coefficient (Wildman–Crippen LogP) is 0.354. The topological polar surface area (TPSA) is 92.2 Å². The van der Waals surface area contributed by atoms with Gasteiger partial charge in [0.1, 0.15) is 0 Å². The van der Waals surface area contributed by atoms with E-state index in [-0.39, 0.29) is 17.7 Å². The minimum atomic E-state index is -1.10. The zero-order valence-corrected chi connectivity index (χ0v) is 9.82. The number of nitrogens with zero attached hydrogens (tertiary/aromatic N) is 2. The second-order valence-electron chi connectivity index (χ2n) is 3.36. The van der Waals surface area contributed by atoms with Crippen molar-refractivity contribution in [1.29, 1.82) is 0 Å². The van der Waals surface area contributed by atoms with E-state index in [0.29, 0.717) is 5.75 Å². The number of rotatable bonds is 5. The van der Waals surface area contributed by atoms with Crippen LogP contribution in [-0.4, -0.2) is 43.3 Å². The van der Waals surface area contributed by atoms with Gasteiger partial charge in [0, 0.05) is 35.0 Å². The fraction of sp³-hybridized carbons (Fsp3) is 0.444. The maximum Gasteiger partial charge on any atom is 0.354 e. The van der Waals surface area contributed by atoms with Crippen molar-refractivity contribution >= 4 is 22.7 Å². The first-order chi connectivity index (χ1) is 7.49. The van der Waals surface area contributed by atoms with Gasteiger partial charge >= 0.3 is 5.97 Å². The molecule has 1 aromatic rings. The SMILES string of the molecule is CC(CS(C)=O)Nc1nccc(C(=O)O)n1. The smallest absolute Gasteiger partial charge is 0.354 e. The molecule has 0 saturated heterocycles. The maximum atomic E-state index is 11.0. The van der Waals surface area contributed by atoms with Gasteiger partial charge in [-0.3, -0.25) is 4.21 Å². The van der Waals surface area contributed by atoms with E-state index in [2.05, 4.69) is 15.3 Å². The van der Waals surface area contributed by atoms with E-state index >= 15 is 0 Å². The Hall–Kier alpha value is -1.50. The standard InChI is InChI=1S/C9H13N3O3S/c1-6(5-16(2)15)11-9-10-4-3-7(12-9)8(13)14/h3-4,6H,5H2,1-2H3,(H,13,14)(H,10,11,12). The summed E-state index contributed by atoms with van der Waals surface area (Å²) < 4.78 is 11.0. The van der Waals surface area contributed by atoms with Gasteiger partial charge in [0.2, 0.25) is 5.95 Å². The average Bonchev–Trinajstić information content (AvgIpc) is 2.16. The number of aromatic carboxylic acids is 1. The molecule has 0 aliphatic rings. The summed E-state index contributed by atoms with van der Waals surface area (Å²) in [5.41, 5.74) is -0.0673. The summed E-state index contributed by atoms with van der Waals surface area (Å²) in [6.45, 7) is 1.83. The first-order valence-corrected chi connectivity index (χ1v) is 6.34. The van der Waals surface area contributed by atoms with Crippen LogP contribution in [0.1, 0.15) is 17.4 Å². The normalized spacial score (nSPS) is 14.1. The van der Waals surface area contributed by atoms with Gasteiger partial charge in [-0.2, -0.15) is 0 Å². The highest BCUT2D eigenvalue weighted by Crippen LogP contribution is 2.03. The van der Waals surface area contributed by atoms with Gasteiger partial charge in [0.05, 0.1) is 0 Å². The highest BCUT2D eigenvalue weighted by molar-refractivity contribution is 7.84. The van der Waals surface area contributed by atoms with Crippen LogP contribution in [0, 0.1) is 0 Å². The lowest BCUT2D eigenvalue weighted by Gasteiger charge is -2.11. The Morgan fingerprint density at radius 2 is 2.38 bits per heavy atom. The van der Waals surface area contributed by atoms with Crippen LogP contribution in [0.4, 0.5) is 5.95 Å². The van der Waals surface area contributed by atoms with E-state index in [1.807, 2.05) is 6.92 Å². The lowest BCUT2D eigenvalue weighted by molar-refractivity contribution is 0.0690. The molecule has 0 bridgehead atoms. The van der Waals surface area contributed by atoms with Gasteiger partial charge < -0.3 is 10.4 Å². The molecule has 16 heavy (non-hydrogen) atoms. The minimum Gasteiger partial charge on any atom is -0.477 e. The number of anilines is 1. The molecule has 2 N–H and O–H groups in total. The molecule has 1 aromatic heterocycles. The van der Waals surface area contributed by atoms with Gasteiger partial charge in [-0.25, -0.2) is 14.8 Å². The largest absolute Gasteiger partial charge is 0.477 e. The number of aromatic nitrogens is 2. The van der Waals surface area contributed by atoms with Crippen molar-refractivity contribution in [3.63, 3.8) is 0 Å². The molecule has 6 nitrogen and oxygen atoms in total. The zero-order chi connectivity index (χ0) is 12.1. The number of carboxylic acids is 1. The molecule has 0 aromatic carbocycles. The molecule has 0 amide bonds. The van der Waals surface area contributed by atoms with Crippen LogP contribution in [0.3, 0.4) is 0 Å². The lowest BCUT2D eigenvalue weighted by Crippen LogP contribution is -2.23. The molecule has 7 heteroatoms. The minimum absolute atomic E-state index is 0.0673. The Morgan fingerprint density at radius 1 is 1.69 bits per heavy atom. The van der Waals surface area contributed by atoms with Crippen LogP contribution in [-0.2, 0) is 10.8 Å². The molecule has 2 unspecified atom stereocenters. The fourth-order valence-corrected chi connectivity index (χ4v) is 1.95. The van der Waals surface area contributed by atoms with Crippen molar-refractivity contribution in [2.24, 2.45) is 0 Å². The summed E-state index contributed by atoms with van der Waals surface area (Å²) in [7, 11) is -0.918. The van der Waals surface area contributed by atoms with Crippen molar-refractivity contribution in [3.05, 3.63) is 18.0 Å². The third-order valence-corrected chi connectivity index (χ3v) is 2.70. The molecule has 0 radical (unpaired) electrons. The van der Waals surface area contributed by atoms with E-state index in [4.69, 9.17) is 5.11 Å². The van der Waals surface area contributed by atoms with Gasteiger partial charge in [-0.05, 0) is 13.0 Å². The van der Waals surface area contributed by atoms with E-state index in [1.165, 1.54) is 12.3 Å². The van der Waals surface area contributed by atoms with Crippen LogP contribution in [0.25, 0.3) is 0 Å². The Morgan fingerprint density at radius 3 is 2.94 bits per heavy atom. The van der Waals surface area contributed by atoms with Crippen molar-refractivity contribution < 1.29 is 14.1 Å². The van der Waals surface area contributed by atoms with Crippen LogP contribution in [0.2, 0.25) is 0 Å². The van der Waals surface area contributed by atoms with Crippen LogP contribution < -0.4 is 5.32 Å². The maximum absolute atomic E-state index is 11.0. The number of hydrogen-bond donors (Lipinski definition) is 2. The molecule has 2 atom stereocenters. The monoisotopic (exact) mass is 243 g/mol. The number of carboxylic acid groups (broad SMARTS) is 1. The molecule has 0 spiro atoms. The van der Waals surface area contributed by atoms with Gasteiger partial charge in [0.25, 0.3) is 0 Å². The highest BCUT2D eigenvalue weighted by atomic mass is 32.2. The number of hydrogen-bond acceptors (Lipinski definition) is 5. The molecule has 0 saturated carbocycles. The summed E-state index contributed by atoms with van der Waals surface area (Å²) in [5, 5.41) is 11.6. The van der Waals surface area contributed by atoms with Gasteiger partial charge in [-0.15, -0.1) is 0 Å². The average molecular weight is 243 g/mol. The van der Waals surface area contributed by atoms with Crippen LogP contribution in [0.5, 0.6) is 0 Å². The second-order valence-corrected chi connectivity index (χ2v) is 4.84. The van der Waals surface area contributed by atoms with Crippen molar-refractivity contribution in [2.75, 3.05) is 17.3 Å². The third kappa shape index (κ3) is 3.93. The fourth-order valence-electron chi connectivity index (χ4n) is 1.16. The lowest BCUT2D eigenvalue weighted by atomic mass is 10.4. The van der Waals surface area contributed by atoms with Crippen molar-refractivity contribution in [2.45, 2.75) is 13.0 Å². The summed E-state index contributed by atoms with van der Waals surface area (Å²) in [6.07, 6.45) is 2.97. The quantitative estimate of drug-likeness (QED) is 0.775. The van der Waals surface area contributed by atoms with E-state index in [0.717, 1.165) is 0 Å². The van der Waals surface area contributed by atoms with E-state index < -0.39 is 16.8 Å². The Balaban J connectivity index is 2.70. The Kier molecular flexibility index (Phi) is 4.36. The van der Waals surface area contributed by atoms with E-state index in [1.54, 1.807) is 6.26 Å². The first kappa shape index (κ1) is 12.6. The van der Waals surface area contributed by atoms with Crippen molar-refractivity contribution in [1.82, 2.24) is 9.97 Å². The zero-order valence-electron chi connectivity index (χ0n) is 9.01.